The van der Waals surface area contributed by atoms with E-state index in [2.05, 4.69) is 10.2 Å². The molecule has 3 N–H and O–H groups in total. The summed E-state index contributed by atoms with van der Waals surface area (Å²) in [6.07, 6.45) is 4.45. The number of likely N-dealkylation sites (tertiary alicyclic amines) is 2. The predicted molar refractivity (Wildman–Crippen MR) is 94.9 cm³/mol. The van der Waals surface area contributed by atoms with Crippen LogP contribution in [0.25, 0.3) is 0 Å². The molecule has 24 heavy (non-hydrogen) atoms. The highest BCUT2D eigenvalue weighted by molar-refractivity contribution is 5.68. The molecule has 0 radical (unpaired) electrons. The quantitative estimate of drug-likeness (QED) is 0.756. The van der Waals surface area contributed by atoms with Crippen LogP contribution >= 0.6 is 0 Å². The van der Waals surface area contributed by atoms with E-state index in [0.29, 0.717) is 11.5 Å². The van der Waals surface area contributed by atoms with E-state index in [4.69, 9.17) is 10.5 Å². The van der Waals surface area contributed by atoms with Crippen LogP contribution in [-0.4, -0.2) is 72.8 Å². The van der Waals surface area contributed by atoms with Crippen molar-refractivity contribution in [3.8, 4) is 0 Å². The number of piperidine rings is 2. The van der Waals surface area contributed by atoms with Gasteiger partial charge in [-0.05, 0) is 71.5 Å². The van der Waals surface area contributed by atoms with E-state index in [1.165, 1.54) is 12.8 Å². The number of rotatable bonds is 1. The number of ether oxygens (including phenoxy) is 1. The number of hydrogen-bond donors (Lipinski definition) is 2. The lowest BCUT2D eigenvalue weighted by Gasteiger charge is -2.45. The lowest BCUT2D eigenvalue weighted by atomic mass is 9.77. The molecule has 2 atom stereocenters. The van der Waals surface area contributed by atoms with E-state index in [0.717, 1.165) is 52.1 Å². The van der Waals surface area contributed by atoms with Crippen LogP contribution in [0.1, 0.15) is 46.5 Å². The third-order valence-corrected chi connectivity index (χ3v) is 5.91. The van der Waals surface area contributed by atoms with Gasteiger partial charge >= 0.3 is 6.09 Å². The van der Waals surface area contributed by atoms with Crippen LogP contribution in [0, 0.1) is 5.41 Å². The second-order valence-electron chi connectivity index (χ2n) is 8.91. The summed E-state index contributed by atoms with van der Waals surface area (Å²) in [4.78, 5) is 16.8. The molecule has 3 heterocycles. The Bertz CT molecular complexity index is 454. The number of nitrogens with two attached hydrogens (primary N) is 1. The third kappa shape index (κ3) is 4.03. The average molecular weight is 338 g/mol. The van der Waals surface area contributed by atoms with Crippen LogP contribution in [0.4, 0.5) is 4.79 Å². The monoisotopic (exact) mass is 338 g/mol. The minimum absolute atomic E-state index is 0.151. The van der Waals surface area contributed by atoms with Gasteiger partial charge in [0.2, 0.25) is 0 Å². The largest absolute Gasteiger partial charge is 0.444 e. The molecule has 1 spiro atoms. The molecule has 0 aliphatic carbocycles. The molecular formula is C18H34N4O2. The fraction of sp³-hybridized carbons (Fsp3) is 0.944. The topological polar surface area (TPSA) is 70.8 Å². The van der Waals surface area contributed by atoms with Gasteiger partial charge in [-0.2, -0.15) is 0 Å². The van der Waals surface area contributed by atoms with Gasteiger partial charge in [0.15, 0.2) is 0 Å². The van der Waals surface area contributed by atoms with Gasteiger partial charge in [-0.15, -0.1) is 0 Å². The van der Waals surface area contributed by atoms with Crippen molar-refractivity contribution in [3.05, 3.63) is 0 Å². The zero-order chi connectivity index (χ0) is 17.4. The molecule has 3 aliphatic heterocycles. The minimum atomic E-state index is -0.415. The van der Waals surface area contributed by atoms with Crippen molar-refractivity contribution in [2.75, 3.05) is 39.3 Å². The van der Waals surface area contributed by atoms with E-state index in [1.807, 2.05) is 25.7 Å². The van der Waals surface area contributed by atoms with Crippen LogP contribution in [0.15, 0.2) is 0 Å². The summed E-state index contributed by atoms with van der Waals surface area (Å²) in [5.74, 6) is 0. The van der Waals surface area contributed by atoms with Gasteiger partial charge in [-0.25, -0.2) is 4.79 Å². The lowest BCUT2D eigenvalue weighted by Crippen LogP contribution is -2.59. The summed E-state index contributed by atoms with van der Waals surface area (Å²) in [6, 6.07) is 0.765. The maximum absolute atomic E-state index is 12.3. The molecule has 3 saturated heterocycles. The lowest BCUT2D eigenvalue weighted by molar-refractivity contribution is 0.0218. The molecule has 3 rings (SSSR count). The van der Waals surface area contributed by atoms with Crippen LogP contribution in [0.5, 0.6) is 0 Å². The molecule has 0 aromatic heterocycles. The smallest absolute Gasteiger partial charge is 0.410 e. The van der Waals surface area contributed by atoms with Gasteiger partial charge in [0, 0.05) is 31.7 Å². The first-order chi connectivity index (χ1) is 11.3. The summed E-state index contributed by atoms with van der Waals surface area (Å²) in [5, 5.41) is 3.38. The Morgan fingerprint density at radius 3 is 2.50 bits per heavy atom. The van der Waals surface area contributed by atoms with Crippen molar-refractivity contribution in [1.29, 1.82) is 0 Å². The maximum atomic E-state index is 12.3. The second kappa shape index (κ2) is 6.81. The van der Waals surface area contributed by atoms with E-state index < -0.39 is 5.60 Å². The molecule has 6 nitrogen and oxygen atoms in total. The third-order valence-electron chi connectivity index (χ3n) is 5.91. The molecule has 0 saturated carbocycles. The fourth-order valence-electron chi connectivity index (χ4n) is 4.48. The highest BCUT2D eigenvalue weighted by atomic mass is 16.6. The zero-order valence-electron chi connectivity index (χ0n) is 15.5. The van der Waals surface area contributed by atoms with Crippen LogP contribution in [-0.2, 0) is 4.74 Å². The molecule has 3 fully saturated rings. The normalized spacial score (nSPS) is 31.4. The molecule has 2 unspecified atom stereocenters. The minimum Gasteiger partial charge on any atom is -0.444 e. The van der Waals surface area contributed by atoms with Crippen LogP contribution < -0.4 is 11.1 Å². The van der Waals surface area contributed by atoms with Crippen molar-refractivity contribution in [2.45, 2.75) is 64.1 Å². The van der Waals surface area contributed by atoms with E-state index >= 15 is 0 Å². The van der Waals surface area contributed by atoms with E-state index in [1.54, 1.807) is 0 Å². The summed E-state index contributed by atoms with van der Waals surface area (Å²) >= 11 is 0. The number of carbonyl (C=O) groups is 1. The molecule has 3 aliphatic rings. The van der Waals surface area contributed by atoms with Crippen molar-refractivity contribution in [2.24, 2.45) is 11.1 Å². The van der Waals surface area contributed by atoms with E-state index in [-0.39, 0.29) is 12.1 Å². The molecule has 138 valence electrons. The van der Waals surface area contributed by atoms with E-state index in [9.17, 15) is 4.79 Å². The summed E-state index contributed by atoms with van der Waals surface area (Å²) in [6.45, 7) is 11.7. The van der Waals surface area contributed by atoms with Gasteiger partial charge in [0.25, 0.3) is 0 Å². The Balaban J connectivity index is 1.52. The Kier molecular flexibility index (Phi) is 5.09. The predicted octanol–water partition coefficient (Wildman–Crippen LogP) is 1.40. The second-order valence-corrected chi connectivity index (χ2v) is 8.91. The Morgan fingerprint density at radius 2 is 1.88 bits per heavy atom. The molecule has 0 aromatic rings. The maximum Gasteiger partial charge on any atom is 0.410 e. The molecule has 0 aromatic carbocycles. The number of amides is 1. The fourth-order valence-corrected chi connectivity index (χ4v) is 4.48. The Morgan fingerprint density at radius 1 is 1.21 bits per heavy atom. The van der Waals surface area contributed by atoms with Gasteiger partial charge in [-0.1, -0.05) is 0 Å². The summed E-state index contributed by atoms with van der Waals surface area (Å²) in [5.41, 5.74) is 6.18. The molecular weight excluding hydrogens is 304 g/mol. The van der Waals surface area contributed by atoms with Gasteiger partial charge in [-0.3, -0.25) is 4.90 Å². The SMILES string of the molecule is CC(C)(C)OC(=O)N1CCC2(CCN(C3CCNCC3N)CC2)C1. The molecule has 1 amide bonds. The highest BCUT2D eigenvalue weighted by Gasteiger charge is 2.44. The van der Waals surface area contributed by atoms with Gasteiger partial charge in [0.1, 0.15) is 5.60 Å². The van der Waals surface area contributed by atoms with Gasteiger partial charge in [0.05, 0.1) is 0 Å². The highest BCUT2D eigenvalue weighted by Crippen LogP contribution is 2.41. The molecule has 0 bridgehead atoms. The first-order valence-corrected chi connectivity index (χ1v) is 9.46. The Labute approximate surface area is 146 Å². The summed E-state index contributed by atoms with van der Waals surface area (Å²) < 4.78 is 5.54. The van der Waals surface area contributed by atoms with Crippen LogP contribution in [0.2, 0.25) is 0 Å². The van der Waals surface area contributed by atoms with Crippen molar-refractivity contribution in [1.82, 2.24) is 15.1 Å². The van der Waals surface area contributed by atoms with Gasteiger partial charge < -0.3 is 20.7 Å². The standard InChI is InChI=1S/C18H34N4O2/c1-17(2,3)24-16(23)22-11-7-18(13-22)5-9-21(10-6-18)15-4-8-20-12-14(15)19/h14-15,20H,4-13,19H2,1-3H3. The first-order valence-electron chi connectivity index (χ1n) is 9.46. The molecule has 6 heteroatoms. The Hall–Kier alpha value is -0.850. The van der Waals surface area contributed by atoms with Crippen LogP contribution in [0.3, 0.4) is 0 Å². The van der Waals surface area contributed by atoms with Crippen molar-refractivity contribution < 1.29 is 9.53 Å². The van der Waals surface area contributed by atoms with Crippen molar-refractivity contribution in [3.63, 3.8) is 0 Å². The number of hydrogen-bond acceptors (Lipinski definition) is 5. The zero-order valence-corrected chi connectivity index (χ0v) is 15.5. The number of nitrogens with one attached hydrogen (secondary N) is 1. The average Bonchev–Trinajstić information content (AvgIpc) is 2.91. The number of nitrogens with zero attached hydrogens (tertiary/aromatic N) is 2. The first kappa shape index (κ1) is 18.0. The van der Waals surface area contributed by atoms with Crippen molar-refractivity contribution >= 4 is 6.09 Å². The summed E-state index contributed by atoms with van der Waals surface area (Å²) in [7, 11) is 0. The number of carbonyl (C=O) groups excluding carboxylic acids is 1.